The fourth-order valence-corrected chi connectivity index (χ4v) is 4.42. The highest BCUT2D eigenvalue weighted by molar-refractivity contribution is 5.97. The van der Waals surface area contributed by atoms with Gasteiger partial charge in [-0.3, -0.25) is 4.79 Å². The van der Waals surface area contributed by atoms with Crippen LogP contribution in [0.4, 0.5) is 23.3 Å². The standard InChI is InChI=1S/C27H30N8O2/c1-16(2)31-26(36)22-15-30-27(32-20-7-6-19-14-29-9-8-18(19)12-20)35-25(22)34-23-4-3-5-24(33-23)37-21-10-17(11-21)13-28/h3-7,12,15-17,21,29H,8-11,14H2,1-2H3,(H,31,36)(H2,30,32,33,34,35)/p+1. The number of aromatic nitrogens is 3. The summed E-state index contributed by atoms with van der Waals surface area (Å²) in [7, 11) is 0. The van der Waals surface area contributed by atoms with Crippen LogP contribution >= 0.6 is 0 Å². The molecule has 2 aromatic heterocycles. The lowest BCUT2D eigenvalue weighted by atomic mass is 9.83. The van der Waals surface area contributed by atoms with Crippen LogP contribution in [0.25, 0.3) is 0 Å². The zero-order valence-electron chi connectivity index (χ0n) is 21.0. The number of fused-ring (bicyclic) bond motifs is 1. The van der Waals surface area contributed by atoms with Crippen molar-refractivity contribution in [2.75, 3.05) is 11.9 Å². The first kappa shape index (κ1) is 24.6. The maximum atomic E-state index is 12.9. The van der Waals surface area contributed by atoms with Gasteiger partial charge in [0.05, 0.1) is 18.2 Å². The Morgan fingerprint density at radius 1 is 1.22 bits per heavy atom. The minimum Gasteiger partial charge on any atom is -0.474 e. The molecule has 0 radical (unpaired) electrons. The third-order valence-corrected chi connectivity index (χ3v) is 6.43. The van der Waals surface area contributed by atoms with Crippen molar-refractivity contribution in [2.24, 2.45) is 5.92 Å². The first-order valence-corrected chi connectivity index (χ1v) is 12.6. The average molecular weight is 500 g/mol. The first-order valence-electron chi connectivity index (χ1n) is 12.6. The monoisotopic (exact) mass is 499 g/mol. The lowest BCUT2D eigenvalue weighted by Crippen LogP contribution is -2.73. The van der Waals surface area contributed by atoms with Crippen LogP contribution in [-0.2, 0) is 13.0 Å². The van der Waals surface area contributed by atoms with Crippen molar-refractivity contribution in [1.29, 1.82) is 5.26 Å². The smallest absolute Gasteiger partial charge is 0.260 e. The van der Waals surface area contributed by atoms with E-state index in [-0.39, 0.29) is 24.0 Å². The molecule has 5 rings (SSSR count). The molecule has 0 unspecified atom stereocenters. The SMILES string of the molecule is CC(C)NC(=O)c1cnc(Nc2ccc3c(c2)CCNC3)nc1[NH2+]c1cccc(OC2CC(C#N)C2)n1. The molecule has 1 amide bonds. The topological polar surface area (TPSA) is 141 Å². The normalized spacial score (nSPS) is 18.3. The van der Waals surface area contributed by atoms with Gasteiger partial charge in [0.15, 0.2) is 0 Å². The van der Waals surface area contributed by atoms with Crippen molar-refractivity contribution in [3.63, 3.8) is 0 Å². The highest BCUT2D eigenvalue weighted by Gasteiger charge is 2.31. The zero-order valence-corrected chi connectivity index (χ0v) is 21.0. The molecule has 2 aliphatic rings. The fraction of sp³-hybridized carbons (Fsp3) is 0.370. The van der Waals surface area contributed by atoms with E-state index < -0.39 is 0 Å². The van der Waals surface area contributed by atoms with Crippen LogP contribution in [0.2, 0.25) is 0 Å². The number of anilines is 2. The molecule has 190 valence electrons. The number of pyridine rings is 1. The minimum atomic E-state index is -0.251. The number of rotatable bonds is 8. The van der Waals surface area contributed by atoms with Gasteiger partial charge in [-0.1, -0.05) is 6.07 Å². The number of carbonyl (C=O) groups excluding carboxylic acids is 1. The number of nitrogens with one attached hydrogen (secondary N) is 3. The lowest BCUT2D eigenvalue weighted by molar-refractivity contribution is -0.487. The van der Waals surface area contributed by atoms with Gasteiger partial charge in [-0.05, 0) is 56.1 Å². The molecule has 37 heavy (non-hydrogen) atoms. The number of benzene rings is 1. The Bertz CT molecular complexity index is 1330. The number of ether oxygens (including phenoxy) is 1. The van der Waals surface area contributed by atoms with Crippen LogP contribution in [0.5, 0.6) is 5.88 Å². The Morgan fingerprint density at radius 3 is 2.89 bits per heavy atom. The van der Waals surface area contributed by atoms with Gasteiger partial charge >= 0.3 is 0 Å². The second-order valence-corrected chi connectivity index (χ2v) is 9.74. The van der Waals surface area contributed by atoms with Crippen LogP contribution in [0.1, 0.15) is 48.2 Å². The molecule has 1 aromatic carbocycles. The predicted octanol–water partition coefficient (Wildman–Crippen LogP) is 2.61. The average Bonchev–Trinajstić information content (AvgIpc) is 2.86. The molecule has 3 aromatic rings. The summed E-state index contributed by atoms with van der Waals surface area (Å²) in [6.07, 6.45) is 3.94. The third-order valence-electron chi connectivity index (χ3n) is 6.43. The summed E-state index contributed by atoms with van der Waals surface area (Å²) < 4.78 is 5.93. The molecule has 5 N–H and O–H groups in total. The minimum absolute atomic E-state index is 0.00188. The summed E-state index contributed by atoms with van der Waals surface area (Å²) in [5.74, 6) is 1.75. The maximum Gasteiger partial charge on any atom is 0.260 e. The number of hydrogen-bond acceptors (Lipinski definition) is 8. The second-order valence-electron chi connectivity index (χ2n) is 9.74. The van der Waals surface area contributed by atoms with Crippen LogP contribution in [0.3, 0.4) is 0 Å². The molecule has 1 aliphatic carbocycles. The van der Waals surface area contributed by atoms with Gasteiger partial charge in [-0.25, -0.2) is 10.3 Å². The molecule has 0 atom stereocenters. The Morgan fingerprint density at radius 2 is 2.08 bits per heavy atom. The Balaban J connectivity index is 1.37. The molecule has 0 bridgehead atoms. The summed E-state index contributed by atoms with van der Waals surface area (Å²) in [5, 5.41) is 20.3. The van der Waals surface area contributed by atoms with Crippen molar-refractivity contribution < 1.29 is 14.8 Å². The number of quaternary nitrogens is 1. The second kappa shape index (κ2) is 10.9. The first-order chi connectivity index (χ1) is 18.0. The largest absolute Gasteiger partial charge is 0.474 e. The lowest BCUT2D eigenvalue weighted by Gasteiger charge is -2.30. The van der Waals surface area contributed by atoms with Gasteiger partial charge in [0.2, 0.25) is 23.5 Å². The molecule has 1 aliphatic heterocycles. The molecule has 3 heterocycles. The Kier molecular flexibility index (Phi) is 7.25. The summed E-state index contributed by atoms with van der Waals surface area (Å²) in [6.45, 7) is 5.65. The van der Waals surface area contributed by atoms with E-state index in [1.807, 2.05) is 32.0 Å². The number of nitriles is 1. The summed E-state index contributed by atoms with van der Waals surface area (Å²) in [6, 6.07) is 14.0. The molecule has 1 saturated carbocycles. The highest BCUT2D eigenvalue weighted by Crippen LogP contribution is 2.30. The van der Waals surface area contributed by atoms with Gasteiger partial charge in [0.25, 0.3) is 5.91 Å². The van der Waals surface area contributed by atoms with Crippen LogP contribution in [0, 0.1) is 17.2 Å². The van der Waals surface area contributed by atoms with E-state index in [0.717, 1.165) is 25.2 Å². The van der Waals surface area contributed by atoms with Crippen molar-refractivity contribution in [2.45, 2.75) is 51.8 Å². The molecular formula is C27H31N8O2+. The van der Waals surface area contributed by atoms with Gasteiger partial charge in [-0.15, -0.1) is 0 Å². The van der Waals surface area contributed by atoms with Crippen LogP contribution in [-0.4, -0.2) is 39.5 Å². The van der Waals surface area contributed by atoms with Crippen LogP contribution < -0.4 is 26.0 Å². The van der Waals surface area contributed by atoms with E-state index in [2.05, 4.69) is 49.1 Å². The van der Waals surface area contributed by atoms with E-state index in [1.165, 1.54) is 17.3 Å². The summed E-state index contributed by atoms with van der Waals surface area (Å²) in [4.78, 5) is 26.6. The molecule has 10 heteroatoms. The molecule has 1 fully saturated rings. The van der Waals surface area contributed by atoms with E-state index in [1.54, 1.807) is 11.4 Å². The van der Waals surface area contributed by atoms with Crippen molar-refractivity contribution >= 4 is 29.2 Å². The zero-order chi connectivity index (χ0) is 25.8. The van der Waals surface area contributed by atoms with Crippen LogP contribution in [0.15, 0.2) is 42.6 Å². The van der Waals surface area contributed by atoms with E-state index in [0.29, 0.717) is 41.9 Å². The number of nitrogens with two attached hydrogens (primary N) is 1. The Labute approximate surface area is 215 Å². The van der Waals surface area contributed by atoms with Gasteiger partial charge in [0.1, 0.15) is 11.7 Å². The Hall–Kier alpha value is -4.07. The van der Waals surface area contributed by atoms with Crippen molar-refractivity contribution in [3.05, 3.63) is 59.3 Å². The summed E-state index contributed by atoms with van der Waals surface area (Å²) in [5.41, 5.74) is 3.86. The molecule has 0 saturated heterocycles. The van der Waals surface area contributed by atoms with E-state index in [4.69, 9.17) is 10.00 Å². The highest BCUT2D eigenvalue weighted by atomic mass is 16.5. The quantitative estimate of drug-likeness (QED) is 0.371. The number of hydrogen-bond donors (Lipinski definition) is 4. The van der Waals surface area contributed by atoms with Crippen molar-refractivity contribution in [1.82, 2.24) is 25.6 Å². The van der Waals surface area contributed by atoms with Gasteiger partial charge < -0.3 is 20.7 Å². The third kappa shape index (κ3) is 6.02. The maximum absolute atomic E-state index is 12.9. The predicted molar refractivity (Wildman–Crippen MR) is 138 cm³/mol. The van der Waals surface area contributed by atoms with Gasteiger partial charge in [-0.2, -0.15) is 15.2 Å². The number of amides is 1. The van der Waals surface area contributed by atoms with Gasteiger partial charge in [0, 0.05) is 43.2 Å². The molecular weight excluding hydrogens is 468 g/mol. The van der Waals surface area contributed by atoms with E-state index >= 15 is 0 Å². The summed E-state index contributed by atoms with van der Waals surface area (Å²) >= 11 is 0. The molecule has 10 nitrogen and oxygen atoms in total. The number of nitrogens with zero attached hydrogens (tertiary/aromatic N) is 4. The van der Waals surface area contributed by atoms with Crippen molar-refractivity contribution in [3.8, 4) is 11.9 Å². The number of carbonyl (C=O) groups is 1. The fourth-order valence-electron chi connectivity index (χ4n) is 4.42. The molecule has 0 spiro atoms. The van der Waals surface area contributed by atoms with E-state index in [9.17, 15) is 4.79 Å².